The van der Waals surface area contributed by atoms with Gasteiger partial charge < -0.3 is 5.32 Å². The number of carbonyl (C=O) groups is 3. The van der Waals surface area contributed by atoms with Crippen molar-refractivity contribution >= 4 is 34.1 Å². The molecule has 0 saturated carbocycles. The van der Waals surface area contributed by atoms with Crippen molar-refractivity contribution in [2.75, 3.05) is 5.32 Å². The van der Waals surface area contributed by atoms with Gasteiger partial charge in [0.25, 0.3) is 5.56 Å². The summed E-state index contributed by atoms with van der Waals surface area (Å²) in [4.78, 5) is 51.3. The molecule has 1 N–H and O–H groups in total. The zero-order chi connectivity index (χ0) is 23.3. The Morgan fingerprint density at radius 3 is 2.15 bits per heavy atom. The maximum atomic E-state index is 12.9. The van der Waals surface area contributed by atoms with E-state index in [1.54, 1.807) is 36.4 Å². The number of amides is 1. The summed E-state index contributed by atoms with van der Waals surface area (Å²) in [6.07, 6.45) is 0. The number of carbonyl (C=O) groups excluding carboxylic acids is 3. The first-order valence-electron chi connectivity index (χ1n) is 10.6. The number of aromatic nitrogens is 1. The molecule has 6 heteroatoms. The molecule has 1 heterocycles. The first-order chi connectivity index (χ1) is 15.8. The van der Waals surface area contributed by atoms with Crippen LogP contribution in [0.15, 0.2) is 71.5 Å². The van der Waals surface area contributed by atoms with E-state index in [9.17, 15) is 19.2 Å². The lowest BCUT2D eigenvalue weighted by molar-refractivity contribution is -0.116. The number of ketones is 2. The molecule has 162 valence electrons. The lowest BCUT2D eigenvalue weighted by Gasteiger charge is -2.18. The normalized spacial score (nSPS) is 12.4. The molecule has 0 fully saturated rings. The van der Waals surface area contributed by atoms with E-state index in [2.05, 4.69) is 5.32 Å². The molecule has 0 radical (unpaired) electrons. The van der Waals surface area contributed by atoms with Gasteiger partial charge in [0.2, 0.25) is 5.91 Å². The van der Waals surface area contributed by atoms with Crippen molar-refractivity contribution in [2.24, 2.45) is 0 Å². The molecule has 1 amide bonds. The van der Waals surface area contributed by atoms with Crippen LogP contribution in [0.4, 0.5) is 5.69 Å². The molecular weight excluding hydrogens is 416 g/mol. The fraction of sp³-hybridized carbons (Fsp3) is 0.111. The van der Waals surface area contributed by atoms with Gasteiger partial charge in [-0.15, -0.1) is 0 Å². The smallest absolute Gasteiger partial charge is 0.251 e. The third-order valence-electron chi connectivity index (χ3n) is 6.05. The van der Waals surface area contributed by atoms with Crippen molar-refractivity contribution in [1.29, 1.82) is 0 Å². The van der Waals surface area contributed by atoms with Crippen molar-refractivity contribution in [3.8, 4) is 0 Å². The number of benzene rings is 3. The Morgan fingerprint density at radius 1 is 0.758 bits per heavy atom. The monoisotopic (exact) mass is 436 g/mol. The van der Waals surface area contributed by atoms with E-state index in [4.69, 9.17) is 0 Å². The van der Waals surface area contributed by atoms with E-state index in [-0.39, 0.29) is 29.2 Å². The Kier molecular flexibility index (Phi) is 4.78. The van der Waals surface area contributed by atoms with Crippen LogP contribution in [0.25, 0.3) is 10.9 Å². The molecule has 4 aromatic rings. The number of para-hydroxylation sites is 1. The number of hydrogen-bond donors (Lipinski definition) is 1. The third-order valence-corrected chi connectivity index (χ3v) is 6.05. The molecule has 0 atom stereocenters. The second kappa shape index (κ2) is 7.67. The summed E-state index contributed by atoms with van der Waals surface area (Å²) < 4.78 is 1.45. The number of anilines is 1. The van der Waals surface area contributed by atoms with Crippen LogP contribution >= 0.6 is 0 Å². The molecule has 0 spiro atoms. The van der Waals surface area contributed by atoms with E-state index in [0.717, 1.165) is 22.0 Å². The van der Waals surface area contributed by atoms with Crippen LogP contribution in [0.2, 0.25) is 0 Å². The summed E-state index contributed by atoms with van der Waals surface area (Å²) in [5, 5.41) is 3.68. The number of nitrogens with one attached hydrogen (secondary N) is 1. The Balaban J connectivity index is 1.46. The Hall–Kier alpha value is -4.32. The largest absolute Gasteiger partial charge is 0.325 e. The number of hydrogen-bond acceptors (Lipinski definition) is 4. The summed E-state index contributed by atoms with van der Waals surface area (Å²) in [6, 6.07) is 18.6. The van der Waals surface area contributed by atoms with Gasteiger partial charge in [0.05, 0.1) is 5.52 Å². The number of rotatable bonds is 3. The lowest BCUT2D eigenvalue weighted by Crippen LogP contribution is -2.28. The number of pyridine rings is 1. The number of nitrogens with zero attached hydrogens (tertiary/aromatic N) is 1. The van der Waals surface area contributed by atoms with Gasteiger partial charge in [0.1, 0.15) is 6.54 Å². The second-order valence-corrected chi connectivity index (χ2v) is 8.24. The van der Waals surface area contributed by atoms with Crippen molar-refractivity contribution in [1.82, 2.24) is 4.57 Å². The van der Waals surface area contributed by atoms with Crippen LogP contribution in [0.5, 0.6) is 0 Å². The molecule has 6 nitrogen and oxygen atoms in total. The van der Waals surface area contributed by atoms with Crippen LogP contribution in [-0.2, 0) is 11.3 Å². The molecule has 1 aliphatic carbocycles. The topological polar surface area (TPSA) is 85.2 Å². The highest BCUT2D eigenvalue weighted by molar-refractivity contribution is 6.28. The Labute approximate surface area is 189 Å². The highest BCUT2D eigenvalue weighted by Crippen LogP contribution is 2.29. The van der Waals surface area contributed by atoms with Gasteiger partial charge in [-0.25, -0.2) is 0 Å². The molecule has 0 saturated heterocycles. The molecule has 1 aromatic heterocycles. The van der Waals surface area contributed by atoms with Gasteiger partial charge in [-0.05, 0) is 43.2 Å². The lowest BCUT2D eigenvalue weighted by atomic mass is 9.84. The minimum absolute atomic E-state index is 0.173. The third kappa shape index (κ3) is 3.36. The average Bonchev–Trinajstić information content (AvgIpc) is 2.80. The van der Waals surface area contributed by atoms with E-state index < -0.39 is 5.91 Å². The number of fused-ring (bicyclic) bond motifs is 3. The molecule has 0 aliphatic heterocycles. The highest BCUT2D eigenvalue weighted by Gasteiger charge is 2.29. The minimum Gasteiger partial charge on any atom is -0.325 e. The zero-order valence-electron chi connectivity index (χ0n) is 18.1. The summed E-state index contributed by atoms with van der Waals surface area (Å²) in [5.41, 5.74) is 3.91. The number of aryl methyl sites for hydroxylation is 2. The van der Waals surface area contributed by atoms with E-state index >= 15 is 0 Å². The molecule has 3 aromatic carbocycles. The molecular formula is C27H20N2O4. The quantitative estimate of drug-likeness (QED) is 0.463. The van der Waals surface area contributed by atoms with Crippen LogP contribution < -0.4 is 10.9 Å². The van der Waals surface area contributed by atoms with Gasteiger partial charge in [-0.1, -0.05) is 42.5 Å². The SMILES string of the molecule is Cc1cc(=O)n(CC(=O)Nc2ccc3c(c2)C(=O)c2ccccc2C3=O)c2c(C)cccc12. The van der Waals surface area contributed by atoms with E-state index in [0.29, 0.717) is 22.4 Å². The zero-order valence-corrected chi connectivity index (χ0v) is 18.1. The Morgan fingerprint density at radius 2 is 1.42 bits per heavy atom. The standard InChI is InChI=1S/C27H20N2O4/c1-15-6-5-9-18-16(2)12-24(31)29(25(15)18)14-23(30)28-17-10-11-21-22(13-17)27(33)20-8-4-3-7-19(20)26(21)32/h3-13H,14H2,1-2H3,(H,28,30). The van der Waals surface area contributed by atoms with Gasteiger partial charge in [0.15, 0.2) is 11.6 Å². The first-order valence-corrected chi connectivity index (χ1v) is 10.6. The molecule has 5 rings (SSSR count). The van der Waals surface area contributed by atoms with Crippen molar-refractivity contribution < 1.29 is 14.4 Å². The van der Waals surface area contributed by atoms with E-state index in [1.165, 1.54) is 16.7 Å². The summed E-state index contributed by atoms with van der Waals surface area (Å²) in [6.45, 7) is 3.60. The van der Waals surface area contributed by atoms with E-state index in [1.807, 2.05) is 32.0 Å². The molecule has 33 heavy (non-hydrogen) atoms. The van der Waals surface area contributed by atoms with Crippen LogP contribution in [-0.4, -0.2) is 22.0 Å². The maximum Gasteiger partial charge on any atom is 0.251 e. The predicted molar refractivity (Wildman–Crippen MR) is 126 cm³/mol. The second-order valence-electron chi connectivity index (χ2n) is 8.24. The van der Waals surface area contributed by atoms with Crippen molar-refractivity contribution in [3.05, 3.63) is 110 Å². The van der Waals surface area contributed by atoms with Crippen LogP contribution in [0.3, 0.4) is 0 Å². The van der Waals surface area contributed by atoms with Crippen molar-refractivity contribution in [2.45, 2.75) is 20.4 Å². The minimum atomic E-state index is -0.402. The van der Waals surface area contributed by atoms with Gasteiger partial charge in [0, 0.05) is 39.4 Å². The molecule has 1 aliphatic rings. The van der Waals surface area contributed by atoms with Gasteiger partial charge in [-0.3, -0.25) is 23.7 Å². The average molecular weight is 436 g/mol. The van der Waals surface area contributed by atoms with Crippen LogP contribution in [0, 0.1) is 13.8 Å². The van der Waals surface area contributed by atoms with Crippen molar-refractivity contribution in [3.63, 3.8) is 0 Å². The van der Waals surface area contributed by atoms with Crippen LogP contribution in [0.1, 0.15) is 43.0 Å². The first kappa shape index (κ1) is 20.6. The summed E-state index contributed by atoms with van der Waals surface area (Å²) >= 11 is 0. The van der Waals surface area contributed by atoms with Gasteiger partial charge in [-0.2, -0.15) is 0 Å². The molecule has 0 unspecified atom stereocenters. The maximum absolute atomic E-state index is 12.9. The highest BCUT2D eigenvalue weighted by atomic mass is 16.2. The van der Waals surface area contributed by atoms with Gasteiger partial charge >= 0.3 is 0 Å². The summed E-state index contributed by atoms with van der Waals surface area (Å²) in [7, 11) is 0. The summed E-state index contributed by atoms with van der Waals surface area (Å²) in [5.74, 6) is -0.876. The predicted octanol–water partition coefficient (Wildman–Crippen LogP) is 4.03. The Bertz CT molecular complexity index is 1560. The fourth-order valence-corrected chi connectivity index (χ4v) is 4.46. The molecule has 0 bridgehead atoms. The fourth-order valence-electron chi connectivity index (χ4n) is 4.46.